The average Bonchev–Trinajstić information content (AvgIpc) is 3.28. The number of hydrogen-bond acceptors (Lipinski definition) is 3. The van der Waals surface area contributed by atoms with Gasteiger partial charge in [0.2, 0.25) is 5.91 Å². The van der Waals surface area contributed by atoms with E-state index in [9.17, 15) is 9.59 Å². The third kappa shape index (κ3) is 4.37. The van der Waals surface area contributed by atoms with Gasteiger partial charge in [0.25, 0.3) is 5.91 Å². The second-order valence-corrected chi connectivity index (χ2v) is 8.31. The Labute approximate surface area is 189 Å². The van der Waals surface area contributed by atoms with E-state index < -0.39 is 5.41 Å². The van der Waals surface area contributed by atoms with Crippen LogP contribution in [0, 0.1) is 5.41 Å². The van der Waals surface area contributed by atoms with E-state index in [0.29, 0.717) is 37.2 Å². The molecule has 0 saturated carbocycles. The van der Waals surface area contributed by atoms with Crippen LogP contribution in [-0.4, -0.2) is 44.0 Å². The van der Waals surface area contributed by atoms with Crippen LogP contribution in [0.4, 0.5) is 0 Å². The zero-order valence-electron chi connectivity index (χ0n) is 18.5. The number of hydrogen-bond donors (Lipinski definition) is 1. The van der Waals surface area contributed by atoms with Gasteiger partial charge in [-0.15, -0.1) is 0 Å². The van der Waals surface area contributed by atoms with Crippen molar-refractivity contribution in [1.82, 2.24) is 10.2 Å². The van der Waals surface area contributed by atoms with Crippen molar-refractivity contribution in [1.29, 1.82) is 0 Å². The van der Waals surface area contributed by atoms with Gasteiger partial charge in [0, 0.05) is 25.7 Å². The van der Waals surface area contributed by atoms with Crippen LogP contribution in [0.15, 0.2) is 78.9 Å². The van der Waals surface area contributed by atoms with Crippen LogP contribution >= 0.6 is 0 Å². The molecule has 1 atom stereocenters. The fraction of sp³-hybridized carbons (Fsp3) is 0.259. The van der Waals surface area contributed by atoms with Crippen LogP contribution in [0.5, 0.6) is 5.75 Å². The van der Waals surface area contributed by atoms with Gasteiger partial charge in [0.15, 0.2) is 0 Å². The molecule has 5 nitrogen and oxygen atoms in total. The summed E-state index contributed by atoms with van der Waals surface area (Å²) >= 11 is 0. The average molecular weight is 429 g/mol. The molecule has 3 aromatic rings. The summed E-state index contributed by atoms with van der Waals surface area (Å²) in [4.78, 5) is 28.0. The van der Waals surface area contributed by atoms with Crippen molar-refractivity contribution in [2.24, 2.45) is 5.41 Å². The summed E-state index contributed by atoms with van der Waals surface area (Å²) in [6, 6.07) is 25.7. The lowest BCUT2D eigenvalue weighted by Gasteiger charge is -2.28. The Hall–Kier alpha value is -3.60. The summed E-state index contributed by atoms with van der Waals surface area (Å²) in [5.74, 6) is 0.543. The van der Waals surface area contributed by atoms with Crippen LogP contribution in [-0.2, 0) is 11.2 Å². The van der Waals surface area contributed by atoms with Crippen LogP contribution in [0.25, 0.3) is 11.1 Å². The summed E-state index contributed by atoms with van der Waals surface area (Å²) in [6.45, 7) is 0.931. The Bertz CT molecular complexity index is 1110. The zero-order valence-corrected chi connectivity index (χ0v) is 18.5. The van der Waals surface area contributed by atoms with Gasteiger partial charge < -0.3 is 15.0 Å². The molecule has 164 valence electrons. The molecule has 0 bridgehead atoms. The standard InChI is InChI=1S/C27H28N2O3/c1-28-26(31)27(18-20-8-6-11-22(16-20)21-9-4-3-5-10-21)14-15-29(19-27)25(30)23-12-7-13-24(17-23)32-2/h3-13,16-17H,14-15,18-19H2,1-2H3,(H,28,31)/t27-/m0/s1. The van der Waals surface area contributed by atoms with Crippen molar-refractivity contribution in [3.05, 3.63) is 90.0 Å². The maximum Gasteiger partial charge on any atom is 0.254 e. The Morgan fingerprint density at radius 1 is 0.969 bits per heavy atom. The van der Waals surface area contributed by atoms with E-state index in [1.165, 1.54) is 0 Å². The third-order valence-electron chi connectivity index (χ3n) is 6.24. The number of rotatable bonds is 6. The number of nitrogens with zero attached hydrogens (tertiary/aromatic N) is 1. The number of methoxy groups -OCH3 is 1. The van der Waals surface area contributed by atoms with Gasteiger partial charge in [-0.05, 0) is 47.7 Å². The zero-order chi connectivity index (χ0) is 22.6. The number of likely N-dealkylation sites (tertiary alicyclic amines) is 1. The SMILES string of the molecule is CNC(=O)[C@]1(Cc2cccc(-c3ccccc3)c2)CCN(C(=O)c2cccc(OC)c2)C1. The number of carbonyl (C=O) groups is 2. The Kier molecular flexibility index (Phi) is 6.26. The predicted molar refractivity (Wildman–Crippen MR) is 126 cm³/mol. The highest BCUT2D eigenvalue weighted by molar-refractivity contribution is 5.96. The Balaban J connectivity index is 1.58. The molecular weight excluding hydrogens is 400 g/mol. The minimum atomic E-state index is -0.654. The number of amides is 2. The molecule has 5 heteroatoms. The lowest BCUT2D eigenvalue weighted by molar-refractivity contribution is -0.129. The van der Waals surface area contributed by atoms with E-state index in [-0.39, 0.29) is 11.8 Å². The Morgan fingerprint density at radius 2 is 1.72 bits per heavy atom. The first-order valence-electron chi connectivity index (χ1n) is 10.8. The fourth-order valence-corrected chi connectivity index (χ4v) is 4.54. The topological polar surface area (TPSA) is 58.6 Å². The first-order valence-corrected chi connectivity index (χ1v) is 10.8. The van der Waals surface area contributed by atoms with Crippen molar-refractivity contribution < 1.29 is 14.3 Å². The fourth-order valence-electron chi connectivity index (χ4n) is 4.54. The molecule has 1 saturated heterocycles. The predicted octanol–water partition coefficient (Wildman–Crippen LogP) is 4.18. The van der Waals surface area contributed by atoms with Crippen LogP contribution in [0.2, 0.25) is 0 Å². The van der Waals surface area contributed by atoms with Crippen LogP contribution in [0.3, 0.4) is 0 Å². The number of carbonyl (C=O) groups excluding carboxylic acids is 2. The molecule has 2 amide bonds. The molecule has 1 fully saturated rings. The Morgan fingerprint density at radius 3 is 2.47 bits per heavy atom. The minimum absolute atomic E-state index is 0.0245. The second-order valence-electron chi connectivity index (χ2n) is 8.31. The van der Waals surface area contributed by atoms with E-state index in [1.807, 2.05) is 36.4 Å². The molecule has 1 aliphatic heterocycles. The number of nitrogens with one attached hydrogen (secondary N) is 1. The summed E-state index contributed by atoms with van der Waals surface area (Å²) < 4.78 is 5.26. The van der Waals surface area contributed by atoms with E-state index >= 15 is 0 Å². The molecule has 32 heavy (non-hydrogen) atoms. The van der Waals surface area contributed by atoms with Crippen molar-refractivity contribution in [2.45, 2.75) is 12.8 Å². The molecule has 0 radical (unpaired) electrons. The van der Waals surface area contributed by atoms with Crippen LogP contribution in [0.1, 0.15) is 22.3 Å². The molecule has 0 unspecified atom stereocenters. The molecule has 0 aliphatic carbocycles. The van der Waals surface area contributed by atoms with E-state index in [1.54, 1.807) is 31.2 Å². The molecular formula is C27H28N2O3. The van der Waals surface area contributed by atoms with Crippen molar-refractivity contribution in [3.8, 4) is 16.9 Å². The van der Waals surface area contributed by atoms with E-state index in [2.05, 4.69) is 35.6 Å². The lowest BCUT2D eigenvalue weighted by atomic mass is 9.79. The molecule has 1 N–H and O–H groups in total. The van der Waals surface area contributed by atoms with Gasteiger partial charge in [-0.2, -0.15) is 0 Å². The van der Waals surface area contributed by atoms with Gasteiger partial charge in [-0.1, -0.05) is 60.7 Å². The molecule has 1 heterocycles. The first-order chi connectivity index (χ1) is 15.5. The maximum absolute atomic E-state index is 13.1. The summed E-state index contributed by atoms with van der Waals surface area (Å²) in [6.07, 6.45) is 1.20. The number of benzene rings is 3. The quantitative estimate of drug-likeness (QED) is 0.641. The van der Waals surface area contributed by atoms with Gasteiger partial charge in [0.05, 0.1) is 12.5 Å². The molecule has 3 aromatic carbocycles. The summed E-state index contributed by atoms with van der Waals surface area (Å²) in [5.41, 5.74) is 3.27. The van der Waals surface area contributed by atoms with Crippen LogP contribution < -0.4 is 10.1 Å². The van der Waals surface area contributed by atoms with Gasteiger partial charge >= 0.3 is 0 Å². The minimum Gasteiger partial charge on any atom is -0.497 e. The van der Waals surface area contributed by atoms with Crippen molar-refractivity contribution in [3.63, 3.8) is 0 Å². The van der Waals surface area contributed by atoms with Gasteiger partial charge in [-0.25, -0.2) is 0 Å². The maximum atomic E-state index is 13.1. The second kappa shape index (κ2) is 9.27. The molecule has 4 rings (SSSR count). The largest absolute Gasteiger partial charge is 0.497 e. The molecule has 0 spiro atoms. The normalized spacial score (nSPS) is 17.8. The highest BCUT2D eigenvalue weighted by atomic mass is 16.5. The molecule has 0 aromatic heterocycles. The highest BCUT2D eigenvalue weighted by Crippen LogP contribution is 2.36. The highest BCUT2D eigenvalue weighted by Gasteiger charge is 2.45. The van der Waals surface area contributed by atoms with Gasteiger partial charge in [0.1, 0.15) is 5.75 Å². The molecule has 1 aliphatic rings. The smallest absolute Gasteiger partial charge is 0.254 e. The monoisotopic (exact) mass is 428 g/mol. The third-order valence-corrected chi connectivity index (χ3v) is 6.24. The van der Waals surface area contributed by atoms with Gasteiger partial charge in [-0.3, -0.25) is 9.59 Å². The summed E-state index contributed by atoms with van der Waals surface area (Å²) in [7, 11) is 3.25. The first kappa shape index (κ1) is 21.6. The summed E-state index contributed by atoms with van der Waals surface area (Å²) in [5, 5.41) is 2.83. The van der Waals surface area contributed by atoms with Crippen molar-refractivity contribution in [2.75, 3.05) is 27.2 Å². The van der Waals surface area contributed by atoms with E-state index in [0.717, 1.165) is 16.7 Å². The number of ether oxygens (including phenoxy) is 1. The van der Waals surface area contributed by atoms with E-state index in [4.69, 9.17) is 4.74 Å². The van der Waals surface area contributed by atoms with Crippen molar-refractivity contribution >= 4 is 11.8 Å². The lowest BCUT2D eigenvalue weighted by Crippen LogP contribution is -2.44.